The summed E-state index contributed by atoms with van der Waals surface area (Å²) < 4.78 is 1.54. The van der Waals surface area contributed by atoms with Crippen LogP contribution in [0.15, 0.2) is 90.1 Å². The Hall–Kier alpha value is -3.77. The van der Waals surface area contributed by atoms with E-state index in [1.54, 1.807) is 42.9 Å². The van der Waals surface area contributed by atoms with Gasteiger partial charge in [-0.1, -0.05) is 48.5 Å². The molecule has 6 nitrogen and oxygen atoms in total. The molecule has 0 radical (unpaired) electrons. The van der Waals surface area contributed by atoms with Crippen molar-refractivity contribution in [2.45, 2.75) is 19.0 Å². The quantitative estimate of drug-likeness (QED) is 0.488. The van der Waals surface area contributed by atoms with Gasteiger partial charge in [0.2, 0.25) is 0 Å². The molecule has 0 spiro atoms. The maximum Gasteiger partial charge on any atom is 0.258 e. The normalized spacial score (nSPS) is 11.9. The molecule has 0 saturated carbocycles. The van der Waals surface area contributed by atoms with Gasteiger partial charge in [-0.25, -0.2) is 0 Å². The van der Waals surface area contributed by atoms with Crippen molar-refractivity contribution in [3.8, 4) is 0 Å². The lowest BCUT2D eigenvalue weighted by Crippen LogP contribution is -2.39. The number of hydrogen-bond acceptors (Lipinski definition) is 4. The summed E-state index contributed by atoms with van der Waals surface area (Å²) in [6, 6.07) is 20.0. The highest BCUT2D eigenvalue weighted by molar-refractivity contribution is 6.06. The average Bonchev–Trinajstić information content (AvgIpc) is 2.81. The number of carbonyl (C=O) groups is 1. The number of aliphatic hydroxyl groups is 1. The Bertz CT molecular complexity index is 1240. The van der Waals surface area contributed by atoms with Gasteiger partial charge in [-0.3, -0.25) is 14.6 Å². The van der Waals surface area contributed by atoms with Gasteiger partial charge in [-0.05, 0) is 35.7 Å². The van der Waals surface area contributed by atoms with Crippen molar-refractivity contribution in [3.05, 3.63) is 112 Å². The Balaban J connectivity index is 1.67. The van der Waals surface area contributed by atoms with Crippen LogP contribution in [0.2, 0.25) is 0 Å². The SMILES string of the molecule is O=C(N[C@@H](CO)Cc1ccccc1)c1cn(Cc2ccncc2)c(=O)c2ccccc12. The molecule has 0 aliphatic heterocycles. The molecule has 2 aromatic carbocycles. The minimum Gasteiger partial charge on any atom is -0.394 e. The van der Waals surface area contributed by atoms with E-state index >= 15 is 0 Å². The molecule has 0 fully saturated rings. The summed E-state index contributed by atoms with van der Waals surface area (Å²) in [7, 11) is 0. The van der Waals surface area contributed by atoms with Gasteiger partial charge >= 0.3 is 0 Å². The first-order valence-corrected chi connectivity index (χ1v) is 10.1. The lowest BCUT2D eigenvalue weighted by Gasteiger charge is -2.18. The molecular weight excluding hydrogens is 390 g/mol. The fourth-order valence-electron chi connectivity index (χ4n) is 3.65. The predicted octanol–water partition coefficient (Wildman–Crippen LogP) is 2.78. The Morgan fingerprint density at radius 1 is 0.935 bits per heavy atom. The summed E-state index contributed by atoms with van der Waals surface area (Å²) >= 11 is 0. The van der Waals surface area contributed by atoms with Crippen LogP contribution in [-0.4, -0.2) is 33.2 Å². The summed E-state index contributed by atoms with van der Waals surface area (Å²) in [6.07, 6.45) is 5.45. The van der Waals surface area contributed by atoms with Crippen molar-refractivity contribution < 1.29 is 9.90 Å². The van der Waals surface area contributed by atoms with Gasteiger partial charge in [0.15, 0.2) is 0 Å². The van der Waals surface area contributed by atoms with Gasteiger partial charge in [0, 0.05) is 29.4 Å². The molecule has 156 valence electrons. The summed E-state index contributed by atoms with van der Waals surface area (Å²) in [5.74, 6) is -0.324. The van der Waals surface area contributed by atoms with Crippen LogP contribution in [-0.2, 0) is 13.0 Å². The average molecular weight is 413 g/mol. The first-order valence-electron chi connectivity index (χ1n) is 10.1. The lowest BCUT2D eigenvalue weighted by atomic mass is 10.0. The third kappa shape index (κ3) is 4.70. The van der Waals surface area contributed by atoms with Crippen LogP contribution in [0.4, 0.5) is 0 Å². The Morgan fingerprint density at radius 3 is 2.32 bits per heavy atom. The number of pyridine rings is 2. The number of nitrogens with zero attached hydrogens (tertiary/aromatic N) is 2. The zero-order chi connectivity index (χ0) is 21.6. The number of fused-ring (bicyclic) bond motifs is 1. The van der Waals surface area contributed by atoms with Crippen LogP contribution in [0.3, 0.4) is 0 Å². The molecule has 0 aliphatic rings. The molecular formula is C25H23N3O3. The molecule has 1 atom stereocenters. The van der Waals surface area contributed by atoms with E-state index in [0.29, 0.717) is 29.3 Å². The summed E-state index contributed by atoms with van der Waals surface area (Å²) in [4.78, 5) is 30.2. The topological polar surface area (TPSA) is 84.2 Å². The second kappa shape index (κ2) is 9.36. The van der Waals surface area contributed by atoms with Gasteiger partial charge in [0.05, 0.1) is 24.8 Å². The molecule has 0 saturated heterocycles. The fraction of sp³-hybridized carbons (Fsp3) is 0.160. The Labute approximate surface area is 179 Å². The second-order valence-electron chi connectivity index (χ2n) is 7.42. The van der Waals surface area contributed by atoms with Crippen LogP contribution in [0.5, 0.6) is 0 Å². The molecule has 4 rings (SSSR count). The third-order valence-electron chi connectivity index (χ3n) is 5.22. The molecule has 4 aromatic rings. The Kier molecular flexibility index (Phi) is 6.19. The molecule has 6 heteroatoms. The highest BCUT2D eigenvalue weighted by Crippen LogP contribution is 2.17. The van der Waals surface area contributed by atoms with Gasteiger partial charge in [-0.15, -0.1) is 0 Å². The number of aromatic nitrogens is 2. The van der Waals surface area contributed by atoms with Crippen LogP contribution in [0, 0.1) is 0 Å². The summed E-state index contributed by atoms with van der Waals surface area (Å²) in [5, 5.41) is 13.8. The van der Waals surface area contributed by atoms with Crippen molar-refractivity contribution >= 4 is 16.7 Å². The van der Waals surface area contributed by atoms with Crippen molar-refractivity contribution in [3.63, 3.8) is 0 Å². The largest absolute Gasteiger partial charge is 0.394 e. The molecule has 0 aliphatic carbocycles. The molecule has 0 unspecified atom stereocenters. The number of benzene rings is 2. The van der Waals surface area contributed by atoms with E-state index in [0.717, 1.165) is 11.1 Å². The van der Waals surface area contributed by atoms with E-state index < -0.39 is 6.04 Å². The number of nitrogens with one attached hydrogen (secondary N) is 1. The number of carbonyl (C=O) groups excluding carboxylic acids is 1. The first kappa shape index (κ1) is 20.5. The molecule has 1 amide bonds. The summed E-state index contributed by atoms with van der Waals surface area (Å²) in [6.45, 7) is 0.148. The van der Waals surface area contributed by atoms with E-state index in [1.807, 2.05) is 42.5 Å². The zero-order valence-corrected chi connectivity index (χ0v) is 16.9. The molecule has 31 heavy (non-hydrogen) atoms. The summed E-state index contributed by atoms with van der Waals surface area (Å²) in [5.41, 5.74) is 2.17. The minimum absolute atomic E-state index is 0.160. The maximum atomic E-state index is 13.2. The highest BCUT2D eigenvalue weighted by Gasteiger charge is 2.18. The number of amides is 1. The van der Waals surface area contributed by atoms with Gasteiger partial charge in [-0.2, -0.15) is 0 Å². The maximum absolute atomic E-state index is 13.2. The third-order valence-corrected chi connectivity index (χ3v) is 5.22. The number of hydrogen-bond donors (Lipinski definition) is 2. The van der Waals surface area contributed by atoms with Crippen LogP contribution >= 0.6 is 0 Å². The number of rotatable bonds is 7. The zero-order valence-electron chi connectivity index (χ0n) is 16.9. The highest BCUT2D eigenvalue weighted by atomic mass is 16.3. The smallest absolute Gasteiger partial charge is 0.258 e. The van der Waals surface area contributed by atoms with Crippen molar-refractivity contribution in [1.29, 1.82) is 0 Å². The molecule has 2 aromatic heterocycles. The van der Waals surface area contributed by atoms with Gasteiger partial charge in [0.25, 0.3) is 11.5 Å². The van der Waals surface area contributed by atoms with Crippen LogP contribution in [0.25, 0.3) is 10.8 Å². The van der Waals surface area contributed by atoms with E-state index in [-0.39, 0.29) is 18.1 Å². The number of aliphatic hydroxyl groups excluding tert-OH is 1. The monoisotopic (exact) mass is 413 g/mol. The second-order valence-corrected chi connectivity index (χ2v) is 7.42. The standard InChI is InChI=1S/C25H23N3O3/c29-17-20(14-18-6-2-1-3-7-18)27-24(30)23-16-28(15-19-10-12-26-13-11-19)25(31)22-9-5-4-8-21(22)23/h1-13,16,20,29H,14-15,17H2,(H,27,30)/t20-/m1/s1. The van der Waals surface area contributed by atoms with Crippen molar-refractivity contribution in [2.75, 3.05) is 6.61 Å². The molecule has 2 N–H and O–H groups in total. The first-order chi connectivity index (χ1) is 15.2. The van der Waals surface area contributed by atoms with E-state index in [2.05, 4.69) is 10.3 Å². The fourth-order valence-corrected chi connectivity index (χ4v) is 3.65. The predicted molar refractivity (Wildman–Crippen MR) is 120 cm³/mol. The Morgan fingerprint density at radius 2 is 1.61 bits per heavy atom. The molecule has 0 bridgehead atoms. The van der Waals surface area contributed by atoms with E-state index in [9.17, 15) is 14.7 Å². The van der Waals surface area contributed by atoms with E-state index in [4.69, 9.17) is 0 Å². The molecule has 2 heterocycles. The van der Waals surface area contributed by atoms with Crippen molar-refractivity contribution in [1.82, 2.24) is 14.9 Å². The minimum atomic E-state index is -0.436. The van der Waals surface area contributed by atoms with Gasteiger partial charge < -0.3 is 15.0 Å². The van der Waals surface area contributed by atoms with Crippen LogP contribution < -0.4 is 10.9 Å². The lowest BCUT2D eigenvalue weighted by molar-refractivity contribution is 0.0917. The van der Waals surface area contributed by atoms with Crippen molar-refractivity contribution in [2.24, 2.45) is 0 Å². The van der Waals surface area contributed by atoms with E-state index in [1.165, 1.54) is 4.57 Å². The van der Waals surface area contributed by atoms with Gasteiger partial charge in [0.1, 0.15) is 0 Å². The van der Waals surface area contributed by atoms with Crippen LogP contribution in [0.1, 0.15) is 21.5 Å².